The maximum Gasteiger partial charge on any atom is 0.272 e. The van der Waals surface area contributed by atoms with Crippen LogP contribution < -0.4 is 25.4 Å². The van der Waals surface area contributed by atoms with Crippen LogP contribution in [0, 0.1) is 0 Å². The number of nitrogens with one attached hydrogen (secondary N) is 3. The number of ether oxygens (including phenoxy) is 2. The van der Waals surface area contributed by atoms with Gasteiger partial charge in [-0.3, -0.25) is 14.4 Å². The van der Waals surface area contributed by atoms with Crippen molar-refractivity contribution < 1.29 is 23.9 Å². The Morgan fingerprint density at radius 1 is 0.736 bits per heavy atom. The van der Waals surface area contributed by atoms with Gasteiger partial charge in [0.2, 0.25) is 5.91 Å². The third kappa shape index (κ3) is 9.59. The zero-order valence-electron chi connectivity index (χ0n) is 29.2. The van der Waals surface area contributed by atoms with Gasteiger partial charge in [-0.15, -0.1) is 23.1 Å². The highest BCUT2D eigenvalue weighted by molar-refractivity contribution is 8.00. The smallest absolute Gasteiger partial charge is 0.272 e. The first kappa shape index (κ1) is 36.6. The number of benzene rings is 5. The molecule has 3 amide bonds. The zero-order valence-corrected chi connectivity index (χ0v) is 30.8. The normalized spacial score (nSPS) is 11.6. The Labute approximate surface area is 316 Å². The lowest BCUT2D eigenvalue weighted by molar-refractivity contribution is -0.115. The van der Waals surface area contributed by atoms with Crippen molar-refractivity contribution in [1.29, 1.82) is 0 Å². The van der Waals surface area contributed by atoms with Gasteiger partial charge in [0.1, 0.15) is 5.70 Å². The lowest BCUT2D eigenvalue weighted by atomic mass is 10.0. The van der Waals surface area contributed by atoms with Crippen LogP contribution in [-0.4, -0.2) is 42.2 Å². The van der Waals surface area contributed by atoms with Gasteiger partial charge >= 0.3 is 0 Å². The molecular weight excluding hydrogens is 705 g/mol. The van der Waals surface area contributed by atoms with Gasteiger partial charge < -0.3 is 25.4 Å². The molecule has 1 unspecified atom stereocenters. The third-order valence-electron chi connectivity index (χ3n) is 8.05. The Morgan fingerprint density at radius 2 is 1.42 bits per heavy atom. The standard InChI is InChI=1S/C42H36N4O5S2/c1-27(39(47)46-42-45-36(26-52-42)32-21-22-37(50-2)38(24-32)51-3)53-34-16-10-15-33(25-34)43-41(49)35(44-40(48)31-13-8-5-9-14-31)23-28-17-19-30(20-18-28)29-11-6-4-7-12-29/h4-27H,1-3H3,(H,43,49)(H,44,48)(H,45,46,47)/b35-23+. The second kappa shape index (κ2) is 17.4. The molecule has 0 radical (unpaired) electrons. The Bertz CT molecular complexity index is 2240. The van der Waals surface area contributed by atoms with Crippen LogP contribution in [0.2, 0.25) is 0 Å². The summed E-state index contributed by atoms with van der Waals surface area (Å²) >= 11 is 2.67. The molecule has 53 heavy (non-hydrogen) atoms. The lowest BCUT2D eigenvalue weighted by Crippen LogP contribution is -2.30. The lowest BCUT2D eigenvalue weighted by Gasteiger charge is -2.14. The summed E-state index contributed by atoms with van der Waals surface area (Å²) < 4.78 is 10.7. The van der Waals surface area contributed by atoms with Crippen molar-refractivity contribution in [2.45, 2.75) is 17.1 Å². The molecule has 5 aromatic carbocycles. The molecule has 1 heterocycles. The fourth-order valence-electron chi connectivity index (χ4n) is 5.28. The van der Waals surface area contributed by atoms with Crippen LogP contribution in [-0.2, 0) is 9.59 Å². The molecule has 3 N–H and O–H groups in total. The van der Waals surface area contributed by atoms with E-state index in [0.717, 1.165) is 27.1 Å². The Kier molecular flexibility index (Phi) is 12.0. The first-order valence-corrected chi connectivity index (χ1v) is 18.4. The minimum Gasteiger partial charge on any atom is -0.493 e. The van der Waals surface area contributed by atoms with Gasteiger partial charge in [0, 0.05) is 27.1 Å². The van der Waals surface area contributed by atoms with Crippen molar-refractivity contribution in [3.8, 4) is 33.9 Å². The maximum absolute atomic E-state index is 13.7. The first-order chi connectivity index (χ1) is 25.8. The van der Waals surface area contributed by atoms with E-state index < -0.39 is 17.1 Å². The largest absolute Gasteiger partial charge is 0.493 e. The molecule has 0 spiro atoms. The van der Waals surface area contributed by atoms with Gasteiger partial charge in [-0.05, 0) is 78.2 Å². The van der Waals surface area contributed by atoms with E-state index in [0.29, 0.717) is 33.6 Å². The maximum atomic E-state index is 13.7. The van der Waals surface area contributed by atoms with Gasteiger partial charge in [0.15, 0.2) is 16.6 Å². The van der Waals surface area contributed by atoms with Crippen LogP contribution in [0.3, 0.4) is 0 Å². The summed E-state index contributed by atoms with van der Waals surface area (Å²) in [6.45, 7) is 1.80. The highest BCUT2D eigenvalue weighted by Crippen LogP contribution is 2.34. The molecule has 0 fully saturated rings. The number of hydrogen-bond donors (Lipinski definition) is 3. The van der Waals surface area contributed by atoms with E-state index in [1.807, 2.05) is 90.3 Å². The van der Waals surface area contributed by atoms with Crippen molar-refractivity contribution in [2.24, 2.45) is 0 Å². The predicted molar refractivity (Wildman–Crippen MR) is 213 cm³/mol. The van der Waals surface area contributed by atoms with E-state index in [4.69, 9.17) is 9.47 Å². The monoisotopic (exact) mass is 740 g/mol. The summed E-state index contributed by atoms with van der Waals surface area (Å²) in [6.07, 6.45) is 1.64. The quantitative estimate of drug-likeness (QED) is 0.0799. The molecule has 0 aliphatic heterocycles. The minimum atomic E-state index is -0.497. The number of nitrogens with zero attached hydrogens (tertiary/aromatic N) is 1. The summed E-state index contributed by atoms with van der Waals surface area (Å²) in [4.78, 5) is 45.4. The minimum absolute atomic E-state index is 0.0769. The van der Waals surface area contributed by atoms with Gasteiger partial charge in [0.05, 0.1) is 25.2 Å². The summed E-state index contributed by atoms with van der Waals surface area (Å²) in [6, 6.07) is 39.2. The average Bonchev–Trinajstić information content (AvgIpc) is 3.66. The van der Waals surface area contributed by atoms with Gasteiger partial charge in [-0.25, -0.2) is 4.98 Å². The first-order valence-electron chi connectivity index (χ1n) is 16.6. The molecule has 11 heteroatoms. The Balaban J connectivity index is 1.13. The van der Waals surface area contributed by atoms with Crippen LogP contribution >= 0.6 is 23.1 Å². The molecule has 9 nitrogen and oxygen atoms in total. The van der Waals surface area contributed by atoms with Crippen LogP contribution in [0.4, 0.5) is 10.8 Å². The third-order valence-corrected chi connectivity index (χ3v) is 9.90. The zero-order chi connectivity index (χ0) is 37.2. The van der Waals surface area contributed by atoms with Gasteiger partial charge in [-0.1, -0.05) is 78.9 Å². The number of carbonyl (C=O) groups is 3. The van der Waals surface area contributed by atoms with E-state index >= 15 is 0 Å². The highest BCUT2D eigenvalue weighted by Gasteiger charge is 2.19. The molecule has 1 aromatic heterocycles. The van der Waals surface area contributed by atoms with Gasteiger partial charge in [-0.2, -0.15) is 0 Å². The van der Waals surface area contributed by atoms with Crippen LogP contribution in [0.5, 0.6) is 11.5 Å². The molecule has 0 bridgehead atoms. The van der Waals surface area contributed by atoms with E-state index in [-0.39, 0.29) is 11.6 Å². The predicted octanol–water partition coefficient (Wildman–Crippen LogP) is 9.02. The summed E-state index contributed by atoms with van der Waals surface area (Å²) in [5.41, 5.74) is 5.39. The topological polar surface area (TPSA) is 119 Å². The van der Waals surface area contributed by atoms with Gasteiger partial charge in [0.25, 0.3) is 11.8 Å². The molecule has 1 atom stereocenters. The molecule has 0 aliphatic rings. The van der Waals surface area contributed by atoms with E-state index in [1.54, 1.807) is 69.7 Å². The number of methoxy groups -OCH3 is 2. The number of aromatic nitrogens is 1. The van der Waals surface area contributed by atoms with Crippen molar-refractivity contribution >= 4 is 57.7 Å². The number of amides is 3. The van der Waals surface area contributed by atoms with Crippen molar-refractivity contribution in [2.75, 3.05) is 24.9 Å². The SMILES string of the molecule is COc1ccc(-c2csc(NC(=O)C(C)Sc3cccc(NC(=O)/C(=C\c4ccc(-c5ccccc5)cc4)NC(=O)c4ccccc4)c3)n2)cc1OC. The summed E-state index contributed by atoms with van der Waals surface area (Å²) in [5.74, 6) is 0.0811. The summed E-state index contributed by atoms with van der Waals surface area (Å²) in [7, 11) is 3.15. The molecule has 0 saturated carbocycles. The van der Waals surface area contributed by atoms with Crippen molar-refractivity contribution in [3.05, 3.63) is 150 Å². The van der Waals surface area contributed by atoms with Crippen molar-refractivity contribution in [1.82, 2.24) is 10.3 Å². The number of anilines is 2. The van der Waals surface area contributed by atoms with Crippen LogP contribution in [0.15, 0.2) is 143 Å². The second-order valence-electron chi connectivity index (χ2n) is 11.7. The molecule has 6 rings (SSSR count). The number of thioether (sulfide) groups is 1. The number of rotatable bonds is 13. The molecule has 6 aromatic rings. The fraction of sp³-hybridized carbons (Fsp3) is 0.0952. The van der Waals surface area contributed by atoms with Crippen LogP contribution in [0.25, 0.3) is 28.5 Å². The van der Waals surface area contributed by atoms with Crippen LogP contribution in [0.1, 0.15) is 22.8 Å². The Hall–Kier alpha value is -6.17. The second-order valence-corrected chi connectivity index (χ2v) is 14.0. The number of hydrogen-bond acceptors (Lipinski definition) is 8. The fourth-order valence-corrected chi connectivity index (χ4v) is 6.93. The molecule has 266 valence electrons. The Morgan fingerprint density at radius 3 is 2.13 bits per heavy atom. The molecular formula is C42H36N4O5S2. The van der Waals surface area contributed by atoms with E-state index in [9.17, 15) is 14.4 Å². The van der Waals surface area contributed by atoms with E-state index in [1.165, 1.54) is 23.1 Å². The summed E-state index contributed by atoms with van der Waals surface area (Å²) in [5, 5.41) is 10.5. The van der Waals surface area contributed by atoms with Crippen molar-refractivity contribution in [3.63, 3.8) is 0 Å². The number of thiazole rings is 1. The molecule has 0 aliphatic carbocycles. The average molecular weight is 741 g/mol. The van der Waals surface area contributed by atoms with E-state index in [2.05, 4.69) is 20.9 Å². The molecule has 0 saturated heterocycles. The number of carbonyl (C=O) groups excluding carboxylic acids is 3. The highest BCUT2D eigenvalue weighted by atomic mass is 32.2.